The molecule has 136 valence electrons. The van der Waals surface area contributed by atoms with Crippen LogP contribution in [0.4, 0.5) is 11.4 Å². The number of aryl methyl sites for hydroxylation is 1. The molecule has 0 saturated heterocycles. The molecule has 6 heteroatoms. The zero-order valence-electron chi connectivity index (χ0n) is 14.5. The quantitative estimate of drug-likeness (QED) is 0.719. The van der Waals surface area contributed by atoms with Gasteiger partial charge in [-0.1, -0.05) is 42.5 Å². The van der Waals surface area contributed by atoms with Gasteiger partial charge in [-0.3, -0.25) is 9.52 Å². The minimum Gasteiger partial charge on any atom is -0.326 e. The van der Waals surface area contributed by atoms with Gasteiger partial charge in [-0.05, 0) is 53.4 Å². The van der Waals surface area contributed by atoms with E-state index in [1.54, 1.807) is 42.5 Å². The molecule has 2 N–H and O–H groups in total. The van der Waals surface area contributed by atoms with Crippen LogP contribution in [0.5, 0.6) is 0 Å². The first-order chi connectivity index (χ1) is 13.0. The minimum absolute atomic E-state index is 0.0191. The summed E-state index contributed by atoms with van der Waals surface area (Å²) in [4.78, 5) is 11.6. The highest BCUT2D eigenvalue weighted by Gasteiger charge is 2.18. The summed E-state index contributed by atoms with van der Waals surface area (Å²) >= 11 is 0. The highest BCUT2D eigenvalue weighted by molar-refractivity contribution is 7.92. The topological polar surface area (TPSA) is 75.3 Å². The van der Waals surface area contributed by atoms with E-state index in [2.05, 4.69) is 10.0 Å². The normalized spacial score (nSPS) is 13.6. The molecule has 5 nitrogen and oxygen atoms in total. The Balaban J connectivity index is 1.56. The molecule has 0 unspecified atom stereocenters. The van der Waals surface area contributed by atoms with Crippen LogP contribution in [0.2, 0.25) is 0 Å². The third-order valence-electron chi connectivity index (χ3n) is 4.52. The van der Waals surface area contributed by atoms with E-state index in [4.69, 9.17) is 0 Å². The van der Waals surface area contributed by atoms with E-state index in [9.17, 15) is 13.2 Å². The molecule has 1 heterocycles. The van der Waals surface area contributed by atoms with E-state index in [0.29, 0.717) is 18.5 Å². The van der Waals surface area contributed by atoms with Crippen LogP contribution < -0.4 is 10.0 Å². The summed E-state index contributed by atoms with van der Waals surface area (Å²) in [5.41, 5.74) is 4.14. The van der Waals surface area contributed by atoms with Crippen molar-refractivity contribution in [3.63, 3.8) is 0 Å². The van der Waals surface area contributed by atoms with Gasteiger partial charge in [0.05, 0.1) is 4.90 Å². The van der Waals surface area contributed by atoms with E-state index >= 15 is 0 Å². The maximum absolute atomic E-state index is 12.7. The van der Waals surface area contributed by atoms with Crippen molar-refractivity contribution in [1.82, 2.24) is 0 Å². The maximum Gasteiger partial charge on any atom is 0.261 e. The number of rotatable bonds is 4. The number of hydrogen-bond acceptors (Lipinski definition) is 3. The van der Waals surface area contributed by atoms with E-state index in [1.165, 1.54) is 0 Å². The highest BCUT2D eigenvalue weighted by atomic mass is 32.2. The zero-order valence-corrected chi connectivity index (χ0v) is 15.3. The molecular weight excluding hydrogens is 360 g/mol. The van der Waals surface area contributed by atoms with Crippen LogP contribution in [0.1, 0.15) is 12.0 Å². The molecule has 4 rings (SSSR count). The molecule has 0 radical (unpaired) electrons. The molecule has 0 atom stereocenters. The minimum atomic E-state index is -3.69. The summed E-state index contributed by atoms with van der Waals surface area (Å²) in [7, 11) is -3.69. The van der Waals surface area contributed by atoms with Gasteiger partial charge in [0.1, 0.15) is 0 Å². The summed E-state index contributed by atoms with van der Waals surface area (Å²) in [6, 6.07) is 21.7. The Morgan fingerprint density at radius 1 is 0.815 bits per heavy atom. The Morgan fingerprint density at radius 2 is 1.52 bits per heavy atom. The molecule has 0 aliphatic carbocycles. The predicted molar refractivity (Wildman–Crippen MR) is 106 cm³/mol. The summed E-state index contributed by atoms with van der Waals surface area (Å²) in [5.74, 6) is -0.0191. The highest BCUT2D eigenvalue weighted by Crippen LogP contribution is 2.27. The van der Waals surface area contributed by atoms with Crippen molar-refractivity contribution < 1.29 is 13.2 Å². The number of carbonyl (C=O) groups excluding carboxylic acids is 1. The Labute approximate surface area is 158 Å². The number of fused-ring (bicyclic) bond motifs is 1. The Bertz CT molecular complexity index is 1090. The van der Waals surface area contributed by atoms with Crippen LogP contribution >= 0.6 is 0 Å². The largest absolute Gasteiger partial charge is 0.326 e. The first kappa shape index (κ1) is 17.3. The van der Waals surface area contributed by atoms with Crippen molar-refractivity contribution in [1.29, 1.82) is 0 Å². The van der Waals surface area contributed by atoms with Crippen molar-refractivity contribution in [2.75, 3.05) is 10.0 Å². The number of nitrogens with one attached hydrogen (secondary N) is 2. The molecule has 0 aromatic heterocycles. The molecular formula is C21H18N2O3S. The van der Waals surface area contributed by atoms with Gasteiger partial charge < -0.3 is 5.32 Å². The first-order valence-electron chi connectivity index (χ1n) is 8.62. The molecule has 3 aromatic rings. The van der Waals surface area contributed by atoms with E-state index in [1.807, 2.05) is 30.3 Å². The standard InChI is InChI=1S/C21H18N2O3S/c24-21-13-8-17-14-18(9-12-20(17)22-21)23-27(25,26)19-10-6-16(7-11-19)15-4-2-1-3-5-15/h1-7,9-12,14,23H,8,13H2,(H,22,24). The van der Waals surface area contributed by atoms with E-state index < -0.39 is 10.0 Å². The Hall–Kier alpha value is -3.12. The average molecular weight is 378 g/mol. The second-order valence-corrected chi connectivity index (χ2v) is 8.10. The van der Waals surface area contributed by atoms with Crippen LogP contribution in [0, 0.1) is 0 Å². The molecule has 0 bridgehead atoms. The van der Waals surface area contributed by atoms with Crippen LogP contribution in [0.15, 0.2) is 77.7 Å². The monoisotopic (exact) mass is 378 g/mol. The number of benzene rings is 3. The second-order valence-electron chi connectivity index (χ2n) is 6.42. The lowest BCUT2D eigenvalue weighted by atomic mass is 10.0. The van der Waals surface area contributed by atoms with Crippen LogP contribution in [-0.2, 0) is 21.2 Å². The fourth-order valence-corrected chi connectivity index (χ4v) is 4.17. The number of anilines is 2. The zero-order chi connectivity index (χ0) is 18.9. The summed E-state index contributed by atoms with van der Waals surface area (Å²) in [6.45, 7) is 0. The second kappa shape index (κ2) is 6.89. The van der Waals surface area contributed by atoms with Gasteiger partial charge in [-0.25, -0.2) is 8.42 Å². The van der Waals surface area contributed by atoms with Crippen molar-refractivity contribution in [2.24, 2.45) is 0 Å². The van der Waals surface area contributed by atoms with Crippen molar-refractivity contribution in [3.05, 3.63) is 78.4 Å². The predicted octanol–water partition coefficient (Wildman–Crippen LogP) is 4.04. The van der Waals surface area contributed by atoms with Crippen molar-refractivity contribution in [3.8, 4) is 11.1 Å². The number of carbonyl (C=O) groups is 1. The molecule has 1 amide bonds. The fourth-order valence-electron chi connectivity index (χ4n) is 3.12. The molecule has 0 saturated carbocycles. The fraction of sp³-hybridized carbons (Fsp3) is 0.0952. The van der Waals surface area contributed by atoms with E-state index in [0.717, 1.165) is 22.4 Å². The van der Waals surface area contributed by atoms with Gasteiger partial charge in [0.15, 0.2) is 0 Å². The third kappa shape index (κ3) is 3.71. The van der Waals surface area contributed by atoms with E-state index in [-0.39, 0.29) is 10.8 Å². The van der Waals surface area contributed by atoms with Crippen LogP contribution in [0.3, 0.4) is 0 Å². The van der Waals surface area contributed by atoms with Gasteiger partial charge in [-0.2, -0.15) is 0 Å². The van der Waals surface area contributed by atoms with Crippen molar-refractivity contribution >= 4 is 27.3 Å². The lowest BCUT2D eigenvalue weighted by Gasteiger charge is -2.18. The first-order valence-corrected chi connectivity index (χ1v) is 10.1. The molecule has 1 aliphatic heterocycles. The maximum atomic E-state index is 12.7. The van der Waals surface area contributed by atoms with Crippen LogP contribution in [-0.4, -0.2) is 14.3 Å². The molecule has 1 aliphatic rings. The Kier molecular flexibility index (Phi) is 4.41. The summed E-state index contributed by atoms with van der Waals surface area (Å²) in [6.07, 6.45) is 1.01. The van der Waals surface area contributed by atoms with Gasteiger partial charge in [0, 0.05) is 17.8 Å². The lowest BCUT2D eigenvalue weighted by Crippen LogP contribution is -2.19. The average Bonchev–Trinajstić information content (AvgIpc) is 2.69. The lowest BCUT2D eigenvalue weighted by molar-refractivity contribution is -0.116. The molecule has 0 spiro atoms. The van der Waals surface area contributed by atoms with Gasteiger partial charge in [0.2, 0.25) is 5.91 Å². The van der Waals surface area contributed by atoms with Crippen molar-refractivity contribution in [2.45, 2.75) is 17.7 Å². The summed E-state index contributed by atoms with van der Waals surface area (Å²) in [5, 5.41) is 2.79. The summed E-state index contributed by atoms with van der Waals surface area (Å²) < 4.78 is 28.0. The molecule has 0 fully saturated rings. The smallest absolute Gasteiger partial charge is 0.261 e. The number of sulfonamides is 1. The third-order valence-corrected chi connectivity index (χ3v) is 5.92. The van der Waals surface area contributed by atoms with Gasteiger partial charge >= 0.3 is 0 Å². The number of amides is 1. The number of hydrogen-bond donors (Lipinski definition) is 2. The molecule has 3 aromatic carbocycles. The SMILES string of the molecule is O=C1CCc2cc(NS(=O)(=O)c3ccc(-c4ccccc4)cc3)ccc2N1. The molecule has 27 heavy (non-hydrogen) atoms. The Morgan fingerprint density at radius 3 is 2.26 bits per heavy atom. The van der Waals surface area contributed by atoms with Gasteiger partial charge in [-0.15, -0.1) is 0 Å². The van der Waals surface area contributed by atoms with Gasteiger partial charge in [0.25, 0.3) is 10.0 Å². The van der Waals surface area contributed by atoms with Crippen LogP contribution in [0.25, 0.3) is 11.1 Å².